The second-order valence-electron chi connectivity index (χ2n) is 4.42. The number of pyridine rings is 1. The Morgan fingerprint density at radius 3 is 2.67 bits per heavy atom. The van der Waals surface area contributed by atoms with Crippen molar-refractivity contribution in [2.75, 3.05) is 6.54 Å². The summed E-state index contributed by atoms with van der Waals surface area (Å²) in [6.45, 7) is 4.11. The van der Waals surface area contributed by atoms with Crippen molar-refractivity contribution in [3.8, 4) is 0 Å². The molecule has 0 amide bonds. The minimum atomic E-state index is -3.75. The largest absolute Gasteiger partial charge is 0.260 e. The summed E-state index contributed by atoms with van der Waals surface area (Å²) >= 11 is 5.98. The molecule has 7 heteroatoms. The van der Waals surface area contributed by atoms with Crippen LogP contribution in [-0.2, 0) is 10.0 Å². The third kappa shape index (κ3) is 4.88. The fourth-order valence-electron chi connectivity index (χ4n) is 1.42. The van der Waals surface area contributed by atoms with E-state index in [2.05, 4.69) is 9.71 Å². The summed E-state index contributed by atoms with van der Waals surface area (Å²) in [5, 5.41) is -0.290. The van der Waals surface area contributed by atoms with Gasteiger partial charge in [0.1, 0.15) is 10.7 Å². The van der Waals surface area contributed by atoms with Crippen LogP contribution in [0.5, 0.6) is 0 Å². The van der Waals surface area contributed by atoms with Crippen LogP contribution in [0, 0.1) is 11.7 Å². The second-order valence-corrected chi connectivity index (χ2v) is 6.80. The maximum absolute atomic E-state index is 12.9. The van der Waals surface area contributed by atoms with Gasteiger partial charge in [0.25, 0.3) is 0 Å². The molecule has 0 aliphatic carbocycles. The first-order valence-electron chi connectivity index (χ1n) is 5.55. The lowest BCUT2D eigenvalue weighted by atomic mass is 10.1. The summed E-state index contributed by atoms with van der Waals surface area (Å²) in [7, 11) is -3.75. The van der Waals surface area contributed by atoms with E-state index in [4.69, 9.17) is 11.6 Å². The topological polar surface area (TPSA) is 59.1 Å². The molecule has 1 unspecified atom stereocenters. The van der Waals surface area contributed by atoms with Crippen molar-refractivity contribution in [1.29, 1.82) is 0 Å². The Kier molecular flexibility index (Phi) is 5.49. The number of nitrogens with zero attached hydrogens (tertiary/aromatic N) is 1. The van der Waals surface area contributed by atoms with Gasteiger partial charge in [0.2, 0.25) is 10.0 Å². The Morgan fingerprint density at radius 2 is 2.11 bits per heavy atom. The smallest absolute Gasteiger partial charge is 0.242 e. The summed E-state index contributed by atoms with van der Waals surface area (Å²) in [4.78, 5) is 3.30. The fraction of sp³-hybridized carbons (Fsp3) is 0.545. The molecule has 1 rings (SSSR count). The van der Waals surface area contributed by atoms with Crippen LogP contribution in [0.3, 0.4) is 0 Å². The van der Waals surface area contributed by atoms with E-state index >= 15 is 0 Å². The van der Waals surface area contributed by atoms with Crippen molar-refractivity contribution in [2.24, 2.45) is 5.92 Å². The lowest BCUT2D eigenvalue weighted by molar-refractivity contribution is 0.543. The highest BCUT2D eigenvalue weighted by atomic mass is 35.5. The molecule has 102 valence electrons. The summed E-state index contributed by atoms with van der Waals surface area (Å²) in [5.41, 5.74) is 0. The number of alkyl halides is 1. The molecular weight excluding hydrogens is 279 g/mol. The zero-order valence-electron chi connectivity index (χ0n) is 10.2. The van der Waals surface area contributed by atoms with E-state index in [0.717, 1.165) is 18.5 Å². The zero-order chi connectivity index (χ0) is 13.8. The molecule has 1 heterocycles. The van der Waals surface area contributed by atoms with E-state index in [1.165, 1.54) is 0 Å². The first-order chi connectivity index (χ1) is 8.31. The molecule has 0 spiro atoms. The van der Waals surface area contributed by atoms with E-state index in [-0.39, 0.29) is 16.8 Å². The number of hydrogen-bond acceptors (Lipinski definition) is 3. The molecule has 0 radical (unpaired) electrons. The number of sulfonamides is 1. The minimum absolute atomic E-state index is 0.110. The SMILES string of the molecule is CC(C)CC(Cl)CNS(=O)(=O)c1cncc(F)c1. The van der Waals surface area contributed by atoms with E-state index in [0.29, 0.717) is 12.3 Å². The lowest BCUT2D eigenvalue weighted by Crippen LogP contribution is -2.30. The van der Waals surface area contributed by atoms with Crippen molar-refractivity contribution in [2.45, 2.75) is 30.5 Å². The van der Waals surface area contributed by atoms with Gasteiger partial charge in [-0.25, -0.2) is 17.5 Å². The van der Waals surface area contributed by atoms with Gasteiger partial charge < -0.3 is 0 Å². The zero-order valence-corrected chi connectivity index (χ0v) is 11.8. The molecule has 4 nitrogen and oxygen atoms in total. The minimum Gasteiger partial charge on any atom is -0.260 e. The van der Waals surface area contributed by atoms with Crippen LogP contribution in [0.1, 0.15) is 20.3 Å². The monoisotopic (exact) mass is 294 g/mol. The summed E-state index contributed by atoms with van der Waals surface area (Å²) in [6.07, 6.45) is 2.74. The molecule has 0 aliphatic heterocycles. The third-order valence-corrected chi connectivity index (χ3v) is 3.94. The number of halogens is 2. The van der Waals surface area contributed by atoms with Gasteiger partial charge in [0.05, 0.1) is 6.20 Å². The average molecular weight is 295 g/mol. The Balaban J connectivity index is 2.66. The first kappa shape index (κ1) is 15.3. The van der Waals surface area contributed by atoms with Crippen LogP contribution in [0.15, 0.2) is 23.4 Å². The van der Waals surface area contributed by atoms with Gasteiger partial charge >= 0.3 is 0 Å². The van der Waals surface area contributed by atoms with Crippen molar-refractivity contribution in [1.82, 2.24) is 9.71 Å². The highest BCUT2D eigenvalue weighted by molar-refractivity contribution is 7.89. The van der Waals surface area contributed by atoms with Crippen LogP contribution < -0.4 is 4.72 Å². The number of nitrogens with one attached hydrogen (secondary N) is 1. The Labute approximate surface area is 112 Å². The van der Waals surface area contributed by atoms with Crippen LogP contribution in [0.25, 0.3) is 0 Å². The highest BCUT2D eigenvalue weighted by Gasteiger charge is 2.17. The Morgan fingerprint density at radius 1 is 1.44 bits per heavy atom. The molecular formula is C11H16ClFN2O2S. The molecule has 18 heavy (non-hydrogen) atoms. The Bertz CT molecular complexity index is 494. The number of hydrogen-bond donors (Lipinski definition) is 1. The van der Waals surface area contributed by atoms with Crippen molar-refractivity contribution in [3.05, 3.63) is 24.3 Å². The van der Waals surface area contributed by atoms with Crippen molar-refractivity contribution < 1.29 is 12.8 Å². The van der Waals surface area contributed by atoms with Crippen LogP contribution >= 0.6 is 11.6 Å². The maximum atomic E-state index is 12.9. The molecule has 0 aromatic carbocycles. The molecule has 0 aliphatic rings. The lowest BCUT2D eigenvalue weighted by Gasteiger charge is -2.13. The van der Waals surface area contributed by atoms with E-state index in [1.807, 2.05) is 13.8 Å². The molecule has 1 aromatic rings. The standard InChI is InChI=1S/C11H16ClFN2O2S/c1-8(2)3-9(12)5-15-18(16,17)11-4-10(13)6-14-7-11/h4,6-9,15H,3,5H2,1-2H3. The number of aromatic nitrogens is 1. The van der Waals surface area contributed by atoms with E-state index < -0.39 is 15.8 Å². The summed E-state index contributed by atoms with van der Waals surface area (Å²) < 4.78 is 38.8. The van der Waals surface area contributed by atoms with Gasteiger partial charge in [-0.1, -0.05) is 13.8 Å². The molecule has 0 saturated heterocycles. The van der Waals surface area contributed by atoms with Crippen molar-refractivity contribution in [3.63, 3.8) is 0 Å². The summed E-state index contributed by atoms with van der Waals surface area (Å²) in [6, 6.07) is 0.918. The van der Waals surface area contributed by atoms with Gasteiger partial charge in [-0.05, 0) is 18.4 Å². The average Bonchev–Trinajstić information content (AvgIpc) is 2.26. The first-order valence-corrected chi connectivity index (χ1v) is 7.47. The van der Waals surface area contributed by atoms with E-state index in [9.17, 15) is 12.8 Å². The molecule has 0 saturated carbocycles. The molecule has 1 atom stereocenters. The summed E-state index contributed by atoms with van der Waals surface area (Å²) in [5.74, 6) is -0.310. The molecule has 1 aromatic heterocycles. The predicted octanol–water partition coefficient (Wildman–Crippen LogP) is 2.15. The normalized spacial score (nSPS) is 13.8. The molecule has 0 fully saturated rings. The fourth-order valence-corrected chi connectivity index (χ4v) is 3.00. The molecule has 1 N–H and O–H groups in total. The third-order valence-electron chi connectivity index (χ3n) is 2.21. The van der Waals surface area contributed by atoms with Gasteiger partial charge in [-0.2, -0.15) is 0 Å². The van der Waals surface area contributed by atoms with Gasteiger partial charge in [0.15, 0.2) is 0 Å². The predicted molar refractivity (Wildman–Crippen MR) is 68.5 cm³/mol. The van der Waals surface area contributed by atoms with E-state index in [1.54, 1.807) is 0 Å². The maximum Gasteiger partial charge on any atom is 0.242 e. The highest BCUT2D eigenvalue weighted by Crippen LogP contribution is 2.12. The van der Waals surface area contributed by atoms with Gasteiger partial charge in [-0.3, -0.25) is 4.98 Å². The van der Waals surface area contributed by atoms with Crippen LogP contribution in [0.2, 0.25) is 0 Å². The van der Waals surface area contributed by atoms with Crippen molar-refractivity contribution >= 4 is 21.6 Å². The quantitative estimate of drug-likeness (QED) is 0.818. The second kappa shape index (κ2) is 6.45. The molecule has 0 bridgehead atoms. The number of rotatable bonds is 6. The van der Waals surface area contributed by atoms with Crippen LogP contribution in [-0.4, -0.2) is 25.3 Å². The van der Waals surface area contributed by atoms with Gasteiger partial charge in [-0.15, -0.1) is 11.6 Å². The Hall–Kier alpha value is -0.720. The van der Waals surface area contributed by atoms with Crippen LogP contribution in [0.4, 0.5) is 4.39 Å². The van der Waals surface area contributed by atoms with Gasteiger partial charge in [0, 0.05) is 18.1 Å².